The maximum absolute atomic E-state index is 11.5. The van der Waals surface area contributed by atoms with Crippen molar-refractivity contribution in [1.82, 2.24) is 4.98 Å². The van der Waals surface area contributed by atoms with Crippen LogP contribution in [0.5, 0.6) is 5.75 Å². The second kappa shape index (κ2) is 5.13. The van der Waals surface area contributed by atoms with Crippen LogP contribution in [0.1, 0.15) is 32.9 Å². The molecule has 0 spiro atoms. The zero-order chi connectivity index (χ0) is 13.2. The van der Waals surface area contributed by atoms with E-state index in [0.29, 0.717) is 13.0 Å². The van der Waals surface area contributed by atoms with Gasteiger partial charge in [0.2, 0.25) is 0 Å². The van der Waals surface area contributed by atoms with Crippen molar-refractivity contribution in [1.29, 1.82) is 0 Å². The monoisotopic (exact) mass is 273 g/mol. The Morgan fingerprint density at radius 3 is 3.05 bits per heavy atom. The molecule has 0 atom stereocenters. The van der Waals surface area contributed by atoms with E-state index in [1.165, 1.54) is 4.88 Å². The fourth-order valence-electron chi connectivity index (χ4n) is 2.35. The molecule has 1 aliphatic rings. The smallest absolute Gasteiger partial charge is 0.163 e. The van der Waals surface area contributed by atoms with Crippen LogP contribution in [0.3, 0.4) is 0 Å². The van der Waals surface area contributed by atoms with Gasteiger partial charge in [-0.1, -0.05) is 0 Å². The van der Waals surface area contributed by atoms with Crippen LogP contribution >= 0.6 is 11.3 Å². The number of aromatic nitrogens is 1. The molecule has 0 aliphatic heterocycles. The summed E-state index contributed by atoms with van der Waals surface area (Å²) in [5.41, 5.74) is 4.95. The Bertz CT molecular complexity index is 618. The lowest BCUT2D eigenvalue weighted by molar-refractivity contribution is 0.0994. The van der Waals surface area contributed by atoms with Gasteiger partial charge in [0, 0.05) is 23.3 Å². The fraction of sp³-hybridized carbons (Fsp3) is 0.333. The Hall–Kier alpha value is -1.68. The van der Waals surface area contributed by atoms with Crippen LogP contribution in [-0.4, -0.2) is 17.4 Å². The van der Waals surface area contributed by atoms with Crippen LogP contribution in [0.2, 0.25) is 0 Å². The van der Waals surface area contributed by atoms with Crippen molar-refractivity contribution < 1.29 is 9.53 Å². The van der Waals surface area contributed by atoms with E-state index in [-0.39, 0.29) is 5.78 Å². The van der Waals surface area contributed by atoms with Crippen LogP contribution in [0.25, 0.3) is 0 Å². The Morgan fingerprint density at radius 1 is 1.37 bits per heavy atom. The van der Waals surface area contributed by atoms with E-state index in [1.54, 1.807) is 11.3 Å². The van der Waals surface area contributed by atoms with Gasteiger partial charge < -0.3 is 4.74 Å². The van der Waals surface area contributed by atoms with Gasteiger partial charge in [0.1, 0.15) is 5.75 Å². The molecule has 0 saturated carbocycles. The van der Waals surface area contributed by atoms with Gasteiger partial charge in [-0.15, -0.1) is 11.3 Å². The molecule has 0 unspecified atom stereocenters. The third kappa shape index (κ3) is 2.54. The molecule has 2 aromatic rings. The standard InChI is InChI=1S/C15H15NO2S/c1-10-15(19-9-16-10)6-7-18-12-3-4-13-11(8-12)2-5-14(13)17/h3-4,8-9H,2,5-7H2,1H3. The first kappa shape index (κ1) is 12.4. The SMILES string of the molecule is Cc1ncsc1CCOc1ccc2c(c1)CCC2=O. The predicted molar refractivity (Wildman–Crippen MR) is 75.1 cm³/mol. The van der Waals surface area contributed by atoms with Crippen molar-refractivity contribution >= 4 is 17.1 Å². The van der Waals surface area contributed by atoms with Gasteiger partial charge in [-0.25, -0.2) is 4.98 Å². The zero-order valence-corrected chi connectivity index (χ0v) is 11.6. The normalized spacial score (nSPS) is 13.6. The van der Waals surface area contributed by atoms with Gasteiger partial charge in [0.25, 0.3) is 0 Å². The summed E-state index contributed by atoms with van der Waals surface area (Å²) < 4.78 is 5.76. The Kier molecular flexibility index (Phi) is 3.34. The molecular formula is C15H15NO2S. The number of fused-ring (bicyclic) bond motifs is 1. The van der Waals surface area contributed by atoms with E-state index in [2.05, 4.69) is 4.98 Å². The average molecular weight is 273 g/mol. The minimum atomic E-state index is 0.252. The third-order valence-corrected chi connectivity index (χ3v) is 4.44. The van der Waals surface area contributed by atoms with Crippen molar-refractivity contribution in [3.8, 4) is 5.75 Å². The highest BCUT2D eigenvalue weighted by Crippen LogP contribution is 2.26. The second-order valence-corrected chi connectivity index (χ2v) is 5.64. The summed E-state index contributed by atoms with van der Waals surface area (Å²) in [7, 11) is 0. The first-order chi connectivity index (χ1) is 9.24. The highest BCUT2D eigenvalue weighted by atomic mass is 32.1. The summed E-state index contributed by atoms with van der Waals surface area (Å²) in [5, 5.41) is 0. The van der Waals surface area contributed by atoms with Gasteiger partial charge in [0.15, 0.2) is 5.78 Å². The highest BCUT2D eigenvalue weighted by Gasteiger charge is 2.19. The van der Waals surface area contributed by atoms with Crippen LogP contribution < -0.4 is 4.74 Å². The molecule has 98 valence electrons. The predicted octanol–water partition coefficient (Wildman–Crippen LogP) is 3.20. The van der Waals surface area contributed by atoms with E-state index in [9.17, 15) is 4.79 Å². The number of hydrogen-bond donors (Lipinski definition) is 0. The fourth-order valence-corrected chi connectivity index (χ4v) is 3.11. The lowest BCUT2D eigenvalue weighted by Gasteiger charge is -2.07. The van der Waals surface area contributed by atoms with Gasteiger partial charge in [-0.05, 0) is 37.1 Å². The molecular weight excluding hydrogens is 258 g/mol. The summed E-state index contributed by atoms with van der Waals surface area (Å²) in [6, 6.07) is 5.78. The molecule has 1 aromatic carbocycles. The summed E-state index contributed by atoms with van der Waals surface area (Å²) in [6.07, 6.45) is 2.37. The number of thiazole rings is 1. The molecule has 1 heterocycles. The maximum atomic E-state index is 11.5. The minimum absolute atomic E-state index is 0.252. The number of Topliss-reactive ketones (excluding diaryl/α,β-unsaturated/α-hetero) is 1. The average Bonchev–Trinajstić information content (AvgIpc) is 2.97. The lowest BCUT2D eigenvalue weighted by atomic mass is 10.1. The van der Waals surface area contributed by atoms with Crippen LogP contribution in [0.15, 0.2) is 23.7 Å². The van der Waals surface area contributed by atoms with Gasteiger partial charge >= 0.3 is 0 Å². The van der Waals surface area contributed by atoms with Crippen LogP contribution in [-0.2, 0) is 12.8 Å². The van der Waals surface area contributed by atoms with E-state index in [4.69, 9.17) is 4.74 Å². The summed E-state index contributed by atoms with van der Waals surface area (Å²) in [5.74, 6) is 1.11. The number of carbonyl (C=O) groups is 1. The van der Waals surface area contributed by atoms with Gasteiger partial charge in [0.05, 0.1) is 17.8 Å². The minimum Gasteiger partial charge on any atom is -0.493 e. The molecule has 0 radical (unpaired) electrons. The van der Waals surface area contributed by atoms with Gasteiger partial charge in [-0.2, -0.15) is 0 Å². The Labute approximate surface area is 116 Å². The molecule has 1 aliphatic carbocycles. The number of aryl methyl sites for hydroxylation is 2. The van der Waals surface area contributed by atoms with E-state index < -0.39 is 0 Å². The number of ether oxygens (including phenoxy) is 1. The quantitative estimate of drug-likeness (QED) is 0.858. The number of benzene rings is 1. The Morgan fingerprint density at radius 2 is 2.26 bits per heavy atom. The molecule has 3 nitrogen and oxygen atoms in total. The molecule has 0 bridgehead atoms. The molecule has 0 amide bonds. The van der Waals surface area contributed by atoms with Crippen molar-refractivity contribution in [3.05, 3.63) is 45.4 Å². The molecule has 0 N–H and O–H groups in total. The molecule has 4 heteroatoms. The van der Waals surface area contributed by atoms with Crippen molar-refractivity contribution in [2.45, 2.75) is 26.2 Å². The first-order valence-corrected chi connectivity index (χ1v) is 7.30. The number of carbonyl (C=O) groups excluding carboxylic acids is 1. The molecule has 0 saturated heterocycles. The maximum Gasteiger partial charge on any atom is 0.163 e. The Balaban J connectivity index is 1.62. The van der Waals surface area contributed by atoms with E-state index >= 15 is 0 Å². The molecule has 19 heavy (non-hydrogen) atoms. The van der Waals surface area contributed by atoms with Crippen LogP contribution in [0, 0.1) is 6.92 Å². The van der Waals surface area contributed by atoms with Crippen molar-refractivity contribution in [3.63, 3.8) is 0 Å². The molecule has 0 fully saturated rings. The second-order valence-electron chi connectivity index (χ2n) is 4.70. The van der Waals surface area contributed by atoms with E-state index in [1.807, 2.05) is 30.6 Å². The van der Waals surface area contributed by atoms with E-state index in [0.717, 1.165) is 35.4 Å². The summed E-state index contributed by atoms with van der Waals surface area (Å²) >= 11 is 1.67. The number of hydrogen-bond acceptors (Lipinski definition) is 4. The first-order valence-electron chi connectivity index (χ1n) is 6.42. The topological polar surface area (TPSA) is 39.2 Å². The zero-order valence-electron chi connectivity index (χ0n) is 10.8. The van der Waals surface area contributed by atoms with Crippen LogP contribution in [0.4, 0.5) is 0 Å². The number of nitrogens with zero attached hydrogens (tertiary/aromatic N) is 1. The molecule has 1 aromatic heterocycles. The lowest BCUT2D eigenvalue weighted by Crippen LogP contribution is -2.02. The van der Waals surface area contributed by atoms with Crippen molar-refractivity contribution in [2.24, 2.45) is 0 Å². The summed E-state index contributed by atoms with van der Waals surface area (Å²) in [4.78, 5) is 17.0. The third-order valence-electron chi connectivity index (χ3n) is 3.44. The van der Waals surface area contributed by atoms with Crippen molar-refractivity contribution in [2.75, 3.05) is 6.61 Å². The molecule has 3 rings (SSSR count). The van der Waals surface area contributed by atoms with Gasteiger partial charge in [-0.3, -0.25) is 4.79 Å². The largest absolute Gasteiger partial charge is 0.493 e. The summed E-state index contributed by atoms with van der Waals surface area (Å²) in [6.45, 7) is 2.67. The highest BCUT2D eigenvalue weighted by molar-refractivity contribution is 7.09. The number of ketones is 1. The number of rotatable bonds is 4.